The Morgan fingerprint density at radius 3 is 2.92 bits per heavy atom. The Hall–Kier alpha value is -2.67. The van der Waals surface area contributed by atoms with E-state index in [-0.39, 0.29) is 11.7 Å². The summed E-state index contributed by atoms with van der Waals surface area (Å²) in [6, 6.07) is 9.59. The third-order valence-corrected chi connectivity index (χ3v) is 4.46. The van der Waals surface area contributed by atoms with Crippen molar-refractivity contribution < 1.29 is 4.79 Å². The van der Waals surface area contributed by atoms with Crippen molar-refractivity contribution in [2.24, 2.45) is 0 Å². The number of pyridine rings is 1. The van der Waals surface area contributed by atoms with Crippen LogP contribution in [-0.2, 0) is 4.79 Å². The van der Waals surface area contributed by atoms with Gasteiger partial charge in [-0.1, -0.05) is 23.9 Å². The lowest BCUT2D eigenvalue weighted by atomic mass is 10.1. The van der Waals surface area contributed by atoms with E-state index in [1.807, 2.05) is 44.2 Å². The van der Waals surface area contributed by atoms with Crippen molar-refractivity contribution >= 4 is 23.4 Å². The number of hydrogen-bond acceptors (Lipinski definition) is 5. The molecule has 3 aromatic rings. The molecule has 0 aliphatic carbocycles. The second kappa shape index (κ2) is 7.27. The van der Waals surface area contributed by atoms with Gasteiger partial charge in [-0.25, -0.2) is 4.98 Å². The number of thioether (sulfide) groups is 1. The number of nitrogens with zero attached hydrogens (tertiary/aromatic N) is 3. The molecule has 2 N–H and O–H groups in total. The van der Waals surface area contributed by atoms with Crippen molar-refractivity contribution in [3.8, 4) is 11.4 Å². The van der Waals surface area contributed by atoms with Gasteiger partial charge in [-0.3, -0.25) is 14.9 Å². The van der Waals surface area contributed by atoms with Crippen molar-refractivity contribution in [2.75, 3.05) is 11.1 Å². The van der Waals surface area contributed by atoms with Gasteiger partial charge in [-0.15, -0.1) is 5.10 Å². The molecule has 2 aromatic heterocycles. The monoisotopic (exact) mass is 339 g/mol. The highest BCUT2D eigenvalue weighted by molar-refractivity contribution is 7.99. The van der Waals surface area contributed by atoms with Crippen LogP contribution < -0.4 is 5.32 Å². The number of benzene rings is 1. The molecule has 0 unspecified atom stereocenters. The molecule has 0 saturated carbocycles. The van der Waals surface area contributed by atoms with Gasteiger partial charge in [0.2, 0.25) is 11.1 Å². The number of rotatable bonds is 5. The molecule has 0 atom stereocenters. The minimum absolute atomic E-state index is 0.0820. The van der Waals surface area contributed by atoms with E-state index in [9.17, 15) is 4.79 Å². The first-order valence-electron chi connectivity index (χ1n) is 7.45. The van der Waals surface area contributed by atoms with Crippen molar-refractivity contribution in [3.63, 3.8) is 0 Å². The lowest BCUT2D eigenvalue weighted by Gasteiger charge is -2.09. The maximum absolute atomic E-state index is 12.1. The zero-order valence-electron chi connectivity index (χ0n) is 13.4. The van der Waals surface area contributed by atoms with Crippen LogP contribution in [0.25, 0.3) is 11.4 Å². The molecule has 0 saturated heterocycles. The predicted octanol–water partition coefficient (Wildman–Crippen LogP) is 3.21. The fourth-order valence-corrected chi connectivity index (χ4v) is 2.74. The number of anilines is 1. The van der Waals surface area contributed by atoms with Crippen LogP contribution in [0.4, 0.5) is 5.69 Å². The van der Waals surface area contributed by atoms with Crippen molar-refractivity contribution in [1.29, 1.82) is 0 Å². The largest absolute Gasteiger partial charge is 0.325 e. The summed E-state index contributed by atoms with van der Waals surface area (Å²) in [6.07, 6.45) is 3.41. The Bertz CT molecular complexity index is 847. The minimum atomic E-state index is -0.0820. The predicted molar refractivity (Wildman–Crippen MR) is 94.9 cm³/mol. The van der Waals surface area contributed by atoms with Crippen LogP contribution in [-0.4, -0.2) is 31.8 Å². The highest BCUT2D eigenvalue weighted by Crippen LogP contribution is 2.20. The molecule has 3 rings (SSSR count). The number of aromatic nitrogens is 4. The molecular formula is C17H17N5OS. The van der Waals surface area contributed by atoms with Crippen LogP contribution in [0.3, 0.4) is 0 Å². The molecule has 0 aliphatic rings. The van der Waals surface area contributed by atoms with Crippen LogP contribution in [0.15, 0.2) is 47.9 Å². The molecule has 0 bridgehead atoms. The third kappa shape index (κ3) is 3.80. The topological polar surface area (TPSA) is 83.6 Å². The molecule has 2 heterocycles. The van der Waals surface area contributed by atoms with E-state index in [4.69, 9.17) is 0 Å². The zero-order chi connectivity index (χ0) is 16.9. The Morgan fingerprint density at radius 1 is 1.25 bits per heavy atom. The van der Waals surface area contributed by atoms with E-state index in [1.165, 1.54) is 11.8 Å². The highest BCUT2D eigenvalue weighted by Gasteiger charge is 2.10. The molecule has 7 heteroatoms. The number of H-pyrrole nitrogens is 1. The third-order valence-electron chi connectivity index (χ3n) is 3.61. The average Bonchev–Trinajstić information content (AvgIpc) is 3.07. The van der Waals surface area contributed by atoms with Crippen molar-refractivity contribution in [1.82, 2.24) is 20.2 Å². The molecule has 0 radical (unpaired) electrons. The number of carbonyl (C=O) groups is 1. The molecule has 1 aromatic carbocycles. The van der Waals surface area contributed by atoms with E-state index < -0.39 is 0 Å². The van der Waals surface area contributed by atoms with Gasteiger partial charge in [0.1, 0.15) is 0 Å². The van der Waals surface area contributed by atoms with Gasteiger partial charge in [0.25, 0.3) is 0 Å². The number of amides is 1. The van der Waals surface area contributed by atoms with Gasteiger partial charge in [0, 0.05) is 23.6 Å². The maximum atomic E-state index is 12.1. The van der Waals surface area contributed by atoms with Crippen molar-refractivity contribution in [3.05, 3.63) is 53.9 Å². The van der Waals surface area contributed by atoms with Crippen LogP contribution in [0.2, 0.25) is 0 Å². The Labute approximate surface area is 144 Å². The van der Waals surface area contributed by atoms with Gasteiger partial charge >= 0.3 is 0 Å². The lowest BCUT2D eigenvalue weighted by Crippen LogP contribution is -2.15. The van der Waals surface area contributed by atoms with Crippen LogP contribution in [0.5, 0.6) is 0 Å². The Morgan fingerprint density at radius 2 is 2.12 bits per heavy atom. The van der Waals surface area contributed by atoms with Gasteiger partial charge in [-0.05, 0) is 43.2 Å². The Balaban J connectivity index is 1.59. The van der Waals surface area contributed by atoms with E-state index >= 15 is 0 Å². The number of carbonyl (C=O) groups excluding carboxylic acids is 1. The fourth-order valence-electron chi connectivity index (χ4n) is 2.15. The van der Waals surface area contributed by atoms with Gasteiger partial charge in [0.05, 0.1) is 5.75 Å². The number of hydrogen-bond donors (Lipinski definition) is 2. The zero-order valence-corrected chi connectivity index (χ0v) is 14.2. The van der Waals surface area contributed by atoms with Crippen LogP contribution in [0.1, 0.15) is 11.1 Å². The molecule has 24 heavy (non-hydrogen) atoms. The molecular weight excluding hydrogens is 322 g/mol. The van der Waals surface area contributed by atoms with Crippen LogP contribution in [0, 0.1) is 13.8 Å². The second-order valence-electron chi connectivity index (χ2n) is 5.29. The van der Waals surface area contributed by atoms with Crippen LogP contribution >= 0.6 is 11.8 Å². The van der Waals surface area contributed by atoms with E-state index in [0.717, 1.165) is 22.4 Å². The first-order valence-corrected chi connectivity index (χ1v) is 8.43. The first-order chi connectivity index (χ1) is 11.6. The SMILES string of the molecule is Cc1cccc(NC(=O)CSc2n[nH]c(-c3cccnc3)n2)c1C. The molecule has 122 valence electrons. The minimum Gasteiger partial charge on any atom is -0.325 e. The molecule has 1 amide bonds. The summed E-state index contributed by atoms with van der Waals surface area (Å²) in [4.78, 5) is 20.5. The quantitative estimate of drug-likeness (QED) is 0.697. The highest BCUT2D eigenvalue weighted by atomic mass is 32.2. The van der Waals surface area contributed by atoms with Crippen molar-refractivity contribution in [2.45, 2.75) is 19.0 Å². The molecule has 0 spiro atoms. The van der Waals surface area contributed by atoms with Gasteiger partial charge in [-0.2, -0.15) is 0 Å². The van der Waals surface area contributed by atoms with Gasteiger partial charge < -0.3 is 5.32 Å². The molecule has 6 nitrogen and oxygen atoms in total. The van der Waals surface area contributed by atoms with E-state index in [2.05, 4.69) is 25.5 Å². The summed E-state index contributed by atoms with van der Waals surface area (Å²) in [5.41, 5.74) is 3.92. The number of aromatic amines is 1. The van der Waals surface area contributed by atoms with E-state index in [1.54, 1.807) is 12.4 Å². The van der Waals surface area contributed by atoms with Gasteiger partial charge in [0.15, 0.2) is 5.82 Å². The summed E-state index contributed by atoms with van der Waals surface area (Å²) in [6.45, 7) is 4.01. The summed E-state index contributed by atoms with van der Waals surface area (Å²) >= 11 is 1.29. The summed E-state index contributed by atoms with van der Waals surface area (Å²) < 4.78 is 0. The smallest absolute Gasteiger partial charge is 0.234 e. The number of nitrogens with one attached hydrogen (secondary N) is 2. The molecule has 0 aliphatic heterocycles. The normalized spacial score (nSPS) is 10.6. The summed E-state index contributed by atoms with van der Waals surface area (Å²) in [7, 11) is 0. The average molecular weight is 339 g/mol. The summed E-state index contributed by atoms with van der Waals surface area (Å²) in [5.74, 6) is 0.805. The first kappa shape index (κ1) is 16.2. The standard InChI is InChI=1S/C17H17N5OS/c1-11-5-3-7-14(12(11)2)19-15(23)10-24-17-20-16(21-22-17)13-6-4-8-18-9-13/h3-9H,10H2,1-2H3,(H,19,23)(H,20,21,22). The summed E-state index contributed by atoms with van der Waals surface area (Å²) in [5, 5.41) is 10.4. The Kier molecular flexibility index (Phi) is 4.90. The number of aryl methyl sites for hydroxylation is 1. The lowest BCUT2D eigenvalue weighted by molar-refractivity contribution is -0.113. The second-order valence-corrected chi connectivity index (χ2v) is 6.24. The fraction of sp³-hybridized carbons (Fsp3) is 0.176. The van der Waals surface area contributed by atoms with E-state index in [0.29, 0.717) is 11.0 Å². The maximum Gasteiger partial charge on any atom is 0.234 e. The molecule has 0 fully saturated rings.